The lowest BCUT2D eigenvalue weighted by Crippen LogP contribution is -2.48. The van der Waals surface area contributed by atoms with Crippen LogP contribution in [0.3, 0.4) is 0 Å². The molecule has 0 aliphatic carbocycles. The van der Waals surface area contributed by atoms with E-state index in [4.69, 9.17) is 21.1 Å². The number of aromatic nitrogens is 3. The summed E-state index contributed by atoms with van der Waals surface area (Å²) in [6, 6.07) is 12.5. The second-order valence-electron chi connectivity index (χ2n) is 8.19. The zero-order valence-electron chi connectivity index (χ0n) is 19.2. The smallest absolute Gasteiger partial charge is 0.484 e. The number of halogens is 4. The lowest BCUT2D eigenvalue weighted by molar-refractivity contribution is -0.274. The first-order valence-corrected chi connectivity index (χ1v) is 11.6. The van der Waals surface area contributed by atoms with Crippen molar-refractivity contribution in [3.05, 3.63) is 71.0 Å². The third kappa shape index (κ3) is 7.85. The Morgan fingerprint density at radius 1 is 1.11 bits per heavy atom. The van der Waals surface area contributed by atoms with Crippen LogP contribution >= 0.6 is 11.6 Å². The fourth-order valence-corrected chi connectivity index (χ4v) is 3.84. The second-order valence-corrected chi connectivity index (χ2v) is 8.63. The van der Waals surface area contributed by atoms with Gasteiger partial charge in [-0.2, -0.15) is 0 Å². The lowest BCUT2D eigenvalue weighted by atomic mass is 10.1. The number of carbonyl (C=O) groups is 1. The van der Waals surface area contributed by atoms with Gasteiger partial charge in [0.1, 0.15) is 11.5 Å². The number of benzene rings is 2. The predicted octanol–water partition coefficient (Wildman–Crippen LogP) is 3.92. The number of alkyl halides is 3. The van der Waals surface area contributed by atoms with Crippen LogP contribution in [-0.2, 0) is 28.9 Å². The van der Waals surface area contributed by atoms with Gasteiger partial charge in [-0.05, 0) is 48.4 Å². The summed E-state index contributed by atoms with van der Waals surface area (Å²) < 4.78 is 53.7. The molecule has 2 aromatic carbocycles. The van der Waals surface area contributed by atoms with Crippen molar-refractivity contribution < 1.29 is 32.2 Å². The van der Waals surface area contributed by atoms with E-state index >= 15 is 0 Å². The molecular formula is C24H24ClF3N4O4. The number of hydrogen-bond acceptors (Lipinski definition) is 6. The zero-order chi connectivity index (χ0) is 25.5. The molecule has 2 heterocycles. The molecule has 1 aliphatic rings. The number of ether oxygens (including phenoxy) is 3. The third-order valence-corrected chi connectivity index (χ3v) is 5.73. The molecule has 192 valence electrons. The zero-order valence-corrected chi connectivity index (χ0v) is 19.9. The number of morpholine rings is 1. The van der Waals surface area contributed by atoms with Crippen molar-refractivity contribution in [2.45, 2.75) is 31.9 Å². The van der Waals surface area contributed by atoms with Crippen LogP contribution < -0.4 is 9.47 Å². The molecule has 36 heavy (non-hydrogen) atoms. The lowest BCUT2D eigenvalue weighted by Gasteiger charge is -2.32. The first-order valence-electron chi connectivity index (χ1n) is 11.2. The van der Waals surface area contributed by atoms with E-state index in [1.54, 1.807) is 52.2 Å². The summed E-state index contributed by atoms with van der Waals surface area (Å²) in [5.74, 6) is 0.180. The van der Waals surface area contributed by atoms with E-state index < -0.39 is 6.36 Å². The Bertz CT molecular complexity index is 1140. The van der Waals surface area contributed by atoms with E-state index in [9.17, 15) is 18.0 Å². The summed E-state index contributed by atoms with van der Waals surface area (Å²) in [5.41, 5.74) is 1.56. The highest BCUT2D eigenvalue weighted by Crippen LogP contribution is 2.23. The quantitative estimate of drug-likeness (QED) is 0.422. The number of aryl methyl sites for hydroxylation is 2. The Labute approximate surface area is 210 Å². The molecule has 1 aromatic heterocycles. The van der Waals surface area contributed by atoms with E-state index in [0.717, 1.165) is 11.3 Å². The molecule has 1 aliphatic heterocycles. The summed E-state index contributed by atoms with van der Waals surface area (Å²) in [7, 11) is 0. The number of carbonyl (C=O) groups excluding carboxylic acids is 1. The predicted molar refractivity (Wildman–Crippen MR) is 124 cm³/mol. The third-order valence-electron chi connectivity index (χ3n) is 5.48. The van der Waals surface area contributed by atoms with Gasteiger partial charge in [0, 0.05) is 37.3 Å². The number of amides is 1. The highest BCUT2D eigenvalue weighted by atomic mass is 35.5. The fourth-order valence-electron chi connectivity index (χ4n) is 3.71. The molecular weight excluding hydrogens is 501 g/mol. The van der Waals surface area contributed by atoms with Gasteiger partial charge in [0.2, 0.25) is 0 Å². The number of nitrogens with zero attached hydrogens (tertiary/aromatic N) is 4. The minimum Gasteiger partial charge on any atom is -0.484 e. The van der Waals surface area contributed by atoms with Gasteiger partial charge < -0.3 is 19.1 Å². The van der Waals surface area contributed by atoms with E-state index in [1.807, 2.05) is 0 Å². The van der Waals surface area contributed by atoms with Gasteiger partial charge in [0.15, 0.2) is 6.61 Å². The molecule has 0 spiro atoms. The molecule has 4 rings (SSSR count). The monoisotopic (exact) mass is 524 g/mol. The van der Waals surface area contributed by atoms with E-state index in [0.29, 0.717) is 49.9 Å². The molecule has 1 unspecified atom stereocenters. The minimum absolute atomic E-state index is 0.0756. The Balaban J connectivity index is 1.22. The molecule has 1 atom stereocenters. The van der Waals surface area contributed by atoms with Crippen molar-refractivity contribution in [2.75, 3.05) is 26.3 Å². The van der Waals surface area contributed by atoms with Crippen LogP contribution in [0.2, 0.25) is 5.02 Å². The van der Waals surface area contributed by atoms with Crippen LogP contribution in [-0.4, -0.2) is 64.6 Å². The van der Waals surface area contributed by atoms with E-state index in [1.165, 1.54) is 12.1 Å². The van der Waals surface area contributed by atoms with Crippen molar-refractivity contribution in [3.63, 3.8) is 0 Å². The normalized spacial score (nSPS) is 16.1. The molecule has 1 fully saturated rings. The molecule has 0 N–H and O–H groups in total. The first kappa shape index (κ1) is 25.8. The summed E-state index contributed by atoms with van der Waals surface area (Å²) in [6.07, 6.45) is -2.08. The summed E-state index contributed by atoms with van der Waals surface area (Å²) >= 11 is 5.86. The van der Waals surface area contributed by atoms with E-state index in [-0.39, 0.29) is 24.4 Å². The Kier molecular flexibility index (Phi) is 8.32. The Morgan fingerprint density at radius 2 is 1.83 bits per heavy atom. The minimum atomic E-state index is -4.71. The van der Waals surface area contributed by atoms with Gasteiger partial charge in [-0.15, -0.1) is 18.3 Å². The Morgan fingerprint density at radius 3 is 2.56 bits per heavy atom. The molecule has 0 radical (unpaired) electrons. The van der Waals surface area contributed by atoms with Crippen LogP contribution in [0.1, 0.15) is 11.3 Å². The molecule has 1 amide bonds. The molecule has 0 saturated carbocycles. The van der Waals surface area contributed by atoms with Crippen molar-refractivity contribution in [1.29, 1.82) is 0 Å². The van der Waals surface area contributed by atoms with Gasteiger partial charge >= 0.3 is 6.36 Å². The average molecular weight is 525 g/mol. The maximum absolute atomic E-state index is 12.6. The van der Waals surface area contributed by atoms with Gasteiger partial charge in [0.25, 0.3) is 5.91 Å². The maximum atomic E-state index is 12.6. The van der Waals surface area contributed by atoms with Crippen molar-refractivity contribution >= 4 is 17.5 Å². The average Bonchev–Trinajstić information content (AvgIpc) is 3.29. The summed E-state index contributed by atoms with van der Waals surface area (Å²) in [5, 5.41) is 8.89. The highest BCUT2D eigenvalue weighted by molar-refractivity contribution is 6.30. The van der Waals surface area contributed by atoms with Crippen LogP contribution in [0.25, 0.3) is 0 Å². The number of hydrogen-bond donors (Lipinski definition) is 0. The van der Waals surface area contributed by atoms with Crippen molar-refractivity contribution in [2.24, 2.45) is 0 Å². The van der Waals surface area contributed by atoms with Crippen LogP contribution in [0.4, 0.5) is 13.2 Å². The van der Waals surface area contributed by atoms with Gasteiger partial charge in [-0.25, -0.2) is 0 Å². The largest absolute Gasteiger partial charge is 0.573 e. The van der Waals surface area contributed by atoms with E-state index in [2.05, 4.69) is 15.0 Å². The van der Waals surface area contributed by atoms with Crippen molar-refractivity contribution in [3.8, 4) is 11.5 Å². The van der Waals surface area contributed by atoms with Crippen LogP contribution in [0, 0.1) is 0 Å². The SMILES string of the molecule is O=C(COc1ccc(Cl)cc1)N1CCOC(Cc2cn(CCc3ccc(OC(F)(F)F)cc3)nn2)C1. The van der Waals surface area contributed by atoms with Crippen molar-refractivity contribution in [1.82, 2.24) is 19.9 Å². The van der Waals surface area contributed by atoms with Crippen LogP contribution in [0.15, 0.2) is 54.7 Å². The molecule has 12 heteroatoms. The molecule has 8 nitrogen and oxygen atoms in total. The summed E-state index contributed by atoms with van der Waals surface area (Å²) in [6.45, 7) is 1.75. The maximum Gasteiger partial charge on any atom is 0.573 e. The second kappa shape index (κ2) is 11.6. The fraction of sp³-hybridized carbons (Fsp3) is 0.375. The first-order chi connectivity index (χ1) is 17.2. The van der Waals surface area contributed by atoms with Crippen LogP contribution in [0.5, 0.6) is 11.5 Å². The summed E-state index contributed by atoms with van der Waals surface area (Å²) in [4.78, 5) is 14.3. The molecule has 0 bridgehead atoms. The highest BCUT2D eigenvalue weighted by Gasteiger charge is 2.31. The Hall–Kier alpha value is -3.31. The standard InChI is InChI=1S/C24H24ClF3N4O4/c25-18-3-7-20(8-4-18)35-16-23(33)31-11-12-34-22(15-31)13-19-14-32(30-29-19)10-9-17-1-5-21(6-2-17)36-24(26,27)28/h1-8,14,22H,9-13,15-16H2. The molecule has 3 aromatic rings. The number of rotatable bonds is 9. The van der Waals surface area contributed by atoms with Gasteiger partial charge in [0.05, 0.1) is 18.4 Å². The topological polar surface area (TPSA) is 78.7 Å². The van der Waals surface area contributed by atoms with Gasteiger partial charge in [-0.3, -0.25) is 9.48 Å². The molecule has 1 saturated heterocycles. The van der Waals surface area contributed by atoms with Gasteiger partial charge in [-0.1, -0.05) is 28.9 Å².